The Bertz CT molecular complexity index is 1090. The first-order valence-electron chi connectivity index (χ1n) is 10.8. The number of hydrogen-bond donors (Lipinski definition) is 1. The van der Waals surface area contributed by atoms with Gasteiger partial charge in [-0.2, -0.15) is 0 Å². The van der Waals surface area contributed by atoms with Gasteiger partial charge in [0.05, 0.1) is 32.6 Å². The Labute approximate surface area is 192 Å². The first kappa shape index (κ1) is 22.4. The largest absolute Gasteiger partial charge is 0.493 e. The fourth-order valence-corrected chi connectivity index (χ4v) is 4.70. The highest BCUT2D eigenvalue weighted by atomic mass is 16.5. The summed E-state index contributed by atoms with van der Waals surface area (Å²) in [6, 6.07) is 10.1. The molecule has 1 saturated heterocycles. The summed E-state index contributed by atoms with van der Waals surface area (Å²) in [6.07, 6.45) is 0.988. The van der Waals surface area contributed by atoms with Crippen LogP contribution in [0.1, 0.15) is 36.5 Å². The molecule has 0 saturated carbocycles. The maximum atomic E-state index is 13.9. The van der Waals surface area contributed by atoms with Crippen LogP contribution in [0.5, 0.6) is 17.2 Å². The second kappa shape index (κ2) is 8.65. The van der Waals surface area contributed by atoms with E-state index in [1.54, 1.807) is 36.4 Å². The molecule has 1 atom stereocenters. The van der Waals surface area contributed by atoms with E-state index in [4.69, 9.17) is 14.2 Å². The first-order chi connectivity index (χ1) is 15.9. The van der Waals surface area contributed by atoms with Gasteiger partial charge >= 0.3 is 0 Å². The van der Waals surface area contributed by atoms with Crippen molar-refractivity contribution < 1.29 is 28.6 Å². The van der Waals surface area contributed by atoms with Crippen molar-refractivity contribution in [2.24, 2.45) is 0 Å². The summed E-state index contributed by atoms with van der Waals surface area (Å²) in [7, 11) is 4.46. The zero-order chi connectivity index (χ0) is 23.8. The van der Waals surface area contributed by atoms with Gasteiger partial charge in [-0.1, -0.05) is 19.1 Å². The van der Waals surface area contributed by atoms with E-state index in [-0.39, 0.29) is 24.7 Å². The minimum atomic E-state index is -1.46. The molecule has 2 aliphatic heterocycles. The number of methoxy groups -OCH3 is 3. The molecule has 33 heavy (non-hydrogen) atoms. The van der Waals surface area contributed by atoms with Crippen molar-refractivity contribution in [2.75, 3.05) is 38.1 Å². The summed E-state index contributed by atoms with van der Waals surface area (Å²) in [5, 5.41) is 2.89. The molecule has 1 fully saturated rings. The van der Waals surface area contributed by atoms with Crippen LogP contribution in [0.2, 0.25) is 0 Å². The van der Waals surface area contributed by atoms with Crippen LogP contribution in [-0.4, -0.2) is 56.2 Å². The highest BCUT2D eigenvalue weighted by Gasteiger charge is 2.60. The van der Waals surface area contributed by atoms with Crippen molar-refractivity contribution in [1.82, 2.24) is 4.90 Å². The maximum absolute atomic E-state index is 13.9. The molecule has 0 aromatic heterocycles. The Morgan fingerprint density at radius 1 is 1.06 bits per heavy atom. The molecule has 9 nitrogen and oxygen atoms in total. The lowest BCUT2D eigenvalue weighted by molar-refractivity contribution is -0.128. The number of fused-ring (bicyclic) bond motifs is 3. The third-order valence-electron chi connectivity index (χ3n) is 6.11. The zero-order valence-corrected chi connectivity index (χ0v) is 19.1. The molecule has 0 aliphatic carbocycles. The molecular weight excluding hydrogens is 426 g/mol. The summed E-state index contributed by atoms with van der Waals surface area (Å²) < 4.78 is 16.1. The molecule has 174 valence electrons. The molecule has 1 N–H and O–H groups in total. The predicted octanol–water partition coefficient (Wildman–Crippen LogP) is 3.04. The Kier molecular flexibility index (Phi) is 5.88. The van der Waals surface area contributed by atoms with Gasteiger partial charge in [0.25, 0.3) is 11.8 Å². The number of para-hydroxylation sites is 1. The van der Waals surface area contributed by atoms with E-state index < -0.39 is 11.6 Å². The van der Waals surface area contributed by atoms with E-state index in [2.05, 4.69) is 5.32 Å². The summed E-state index contributed by atoms with van der Waals surface area (Å²) >= 11 is 0. The van der Waals surface area contributed by atoms with Crippen molar-refractivity contribution >= 4 is 29.1 Å². The van der Waals surface area contributed by atoms with Crippen molar-refractivity contribution in [3.8, 4) is 17.2 Å². The van der Waals surface area contributed by atoms with Crippen LogP contribution in [0.3, 0.4) is 0 Å². The minimum Gasteiger partial charge on any atom is -0.493 e. The Morgan fingerprint density at radius 2 is 1.73 bits per heavy atom. The van der Waals surface area contributed by atoms with Gasteiger partial charge in [-0.15, -0.1) is 0 Å². The summed E-state index contributed by atoms with van der Waals surface area (Å²) in [5.41, 5.74) is -0.195. The molecule has 0 spiro atoms. The molecule has 2 aromatic rings. The van der Waals surface area contributed by atoms with Crippen molar-refractivity contribution in [3.05, 3.63) is 42.0 Å². The second-order valence-corrected chi connectivity index (χ2v) is 7.89. The predicted molar refractivity (Wildman–Crippen MR) is 122 cm³/mol. The number of anilines is 2. The number of carbonyl (C=O) groups is 3. The lowest BCUT2D eigenvalue weighted by Gasteiger charge is -2.49. The van der Waals surface area contributed by atoms with Crippen LogP contribution in [0, 0.1) is 0 Å². The quantitative estimate of drug-likeness (QED) is 0.692. The van der Waals surface area contributed by atoms with E-state index in [0.29, 0.717) is 47.2 Å². The van der Waals surface area contributed by atoms with E-state index in [0.717, 1.165) is 0 Å². The standard InChI is InChI=1S/C24H27N3O6/c1-5-12-26-22(29)16-8-6-7-9-17(16)27-20(28)10-11-24(26,27)23(30)25-15-13-18(31-2)21(33-4)19(14-15)32-3/h6-9,13-14H,5,10-12H2,1-4H3,(H,25,30). The fraction of sp³-hybridized carbons (Fsp3) is 0.375. The topological polar surface area (TPSA) is 97.4 Å². The maximum Gasteiger partial charge on any atom is 0.271 e. The van der Waals surface area contributed by atoms with E-state index >= 15 is 0 Å². The van der Waals surface area contributed by atoms with Gasteiger partial charge in [0, 0.05) is 37.2 Å². The van der Waals surface area contributed by atoms with Crippen molar-refractivity contribution in [3.63, 3.8) is 0 Å². The molecule has 2 heterocycles. The Balaban J connectivity index is 1.81. The summed E-state index contributed by atoms with van der Waals surface area (Å²) in [5.74, 6) is 0.204. The second-order valence-electron chi connectivity index (χ2n) is 7.89. The fourth-order valence-electron chi connectivity index (χ4n) is 4.70. The number of benzene rings is 2. The highest BCUT2D eigenvalue weighted by Crippen LogP contribution is 2.46. The van der Waals surface area contributed by atoms with Gasteiger partial charge in [-0.05, 0) is 18.6 Å². The average molecular weight is 453 g/mol. The zero-order valence-electron chi connectivity index (χ0n) is 19.1. The van der Waals surface area contributed by atoms with Crippen molar-refractivity contribution in [1.29, 1.82) is 0 Å². The molecule has 0 bridgehead atoms. The van der Waals surface area contributed by atoms with Crippen LogP contribution in [0.15, 0.2) is 36.4 Å². The molecule has 2 aliphatic rings. The third-order valence-corrected chi connectivity index (χ3v) is 6.11. The van der Waals surface area contributed by atoms with Crippen LogP contribution in [0.4, 0.5) is 11.4 Å². The van der Waals surface area contributed by atoms with Gasteiger partial charge in [0.15, 0.2) is 11.5 Å². The minimum absolute atomic E-state index is 0.157. The van der Waals surface area contributed by atoms with Gasteiger partial charge in [0.2, 0.25) is 17.3 Å². The first-order valence-corrected chi connectivity index (χ1v) is 10.8. The van der Waals surface area contributed by atoms with Crippen molar-refractivity contribution in [2.45, 2.75) is 31.8 Å². The number of ether oxygens (including phenoxy) is 3. The number of hydrogen-bond acceptors (Lipinski definition) is 6. The van der Waals surface area contributed by atoms with Gasteiger partial charge < -0.3 is 24.4 Å². The number of carbonyl (C=O) groups excluding carboxylic acids is 3. The summed E-state index contributed by atoms with van der Waals surface area (Å²) in [4.78, 5) is 43.4. The number of nitrogens with one attached hydrogen (secondary N) is 1. The number of nitrogens with zero attached hydrogens (tertiary/aromatic N) is 2. The Morgan fingerprint density at radius 3 is 2.33 bits per heavy atom. The van der Waals surface area contributed by atoms with Gasteiger partial charge in [-0.25, -0.2) is 0 Å². The van der Waals surface area contributed by atoms with Crippen LogP contribution >= 0.6 is 0 Å². The van der Waals surface area contributed by atoms with Crippen LogP contribution in [0.25, 0.3) is 0 Å². The van der Waals surface area contributed by atoms with Crippen LogP contribution < -0.4 is 24.4 Å². The lowest BCUT2D eigenvalue weighted by atomic mass is 9.95. The molecule has 3 amide bonds. The lowest BCUT2D eigenvalue weighted by Crippen LogP contribution is -2.69. The monoisotopic (exact) mass is 453 g/mol. The Hall–Kier alpha value is -3.75. The van der Waals surface area contributed by atoms with E-state index in [9.17, 15) is 14.4 Å². The van der Waals surface area contributed by atoms with E-state index in [1.807, 2.05) is 6.92 Å². The normalized spacial score (nSPS) is 19.2. The SMILES string of the molecule is CCCN1C(=O)c2ccccc2N2C(=O)CCC12C(=O)Nc1cc(OC)c(OC)c(OC)c1. The number of rotatable bonds is 7. The molecule has 2 aromatic carbocycles. The number of amides is 3. The molecule has 9 heteroatoms. The third kappa shape index (κ3) is 3.35. The smallest absolute Gasteiger partial charge is 0.271 e. The average Bonchev–Trinajstić information content (AvgIpc) is 3.19. The molecular formula is C24H27N3O6. The summed E-state index contributed by atoms with van der Waals surface area (Å²) in [6.45, 7) is 2.26. The molecule has 1 unspecified atom stereocenters. The van der Waals surface area contributed by atoms with E-state index in [1.165, 1.54) is 31.1 Å². The molecule has 4 rings (SSSR count). The highest BCUT2D eigenvalue weighted by molar-refractivity contribution is 6.18. The van der Waals surface area contributed by atoms with Gasteiger partial charge in [0.1, 0.15) is 0 Å². The van der Waals surface area contributed by atoms with Gasteiger partial charge in [-0.3, -0.25) is 19.3 Å². The molecule has 0 radical (unpaired) electrons. The van der Waals surface area contributed by atoms with Crippen LogP contribution in [-0.2, 0) is 9.59 Å².